The highest BCUT2D eigenvalue weighted by Gasteiger charge is 2.29. The molecular weight excluding hydrogens is 292 g/mol. The fraction of sp³-hybridized carbons (Fsp3) is 1.00. The van der Waals surface area contributed by atoms with Crippen LogP contribution in [-0.4, -0.2) is 48.5 Å². The van der Waals surface area contributed by atoms with Crippen LogP contribution in [0.25, 0.3) is 0 Å². The Morgan fingerprint density at radius 1 is 1.25 bits per heavy atom. The van der Waals surface area contributed by atoms with Gasteiger partial charge >= 0.3 is 0 Å². The van der Waals surface area contributed by atoms with Crippen LogP contribution in [0, 0.1) is 0 Å². The highest BCUT2D eigenvalue weighted by atomic mass is 79.9. The van der Waals surface area contributed by atoms with Gasteiger partial charge in [0, 0.05) is 31.5 Å². The number of halogens is 1. The number of nitrogens with zero attached hydrogens (tertiary/aromatic N) is 2. The molecule has 0 bridgehead atoms. The maximum absolute atomic E-state index is 12.3. The SMILES string of the molecule is CC(CBr)N(C)S(=O)(=O)N1CCCCCC1. The van der Waals surface area contributed by atoms with Gasteiger partial charge in [-0.3, -0.25) is 0 Å². The molecule has 0 N–H and O–H groups in total. The molecule has 96 valence electrons. The average molecular weight is 313 g/mol. The zero-order chi connectivity index (χ0) is 12.2. The van der Waals surface area contributed by atoms with Gasteiger partial charge in [0.2, 0.25) is 0 Å². The third kappa shape index (κ3) is 3.42. The maximum Gasteiger partial charge on any atom is 0.281 e. The van der Waals surface area contributed by atoms with Crippen molar-refractivity contribution >= 4 is 26.1 Å². The van der Waals surface area contributed by atoms with E-state index in [2.05, 4.69) is 15.9 Å². The topological polar surface area (TPSA) is 40.6 Å². The fourth-order valence-electron chi connectivity index (χ4n) is 1.78. The first kappa shape index (κ1) is 14.4. The zero-order valence-corrected chi connectivity index (χ0v) is 12.4. The van der Waals surface area contributed by atoms with Gasteiger partial charge in [-0.15, -0.1) is 0 Å². The third-order valence-electron chi connectivity index (χ3n) is 3.10. The van der Waals surface area contributed by atoms with Crippen molar-refractivity contribution in [2.75, 3.05) is 25.5 Å². The molecule has 0 amide bonds. The number of hydrogen-bond acceptors (Lipinski definition) is 2. The Kier molecular flexibility index (Phi) is 5.70. The fourth-order valence-corrected chi connectivity index (χ4v) is 4.02. The summed E-state index contributed by atoms with van der Waals surface area (Å²) in [6.45, 7) is 3.24. The van der Waals surface area contributed by atoms with E-state index < -0.39 is 10.2 Å². The van der Waals surface area contributed by atoms with Gasteiger partial charge in [0.1, 0.15) is 0 Å². The lowest BCUT2D eigenvalue weighted by Gasteiger charge is -2.29. The second-order valence-corrected chi connectivity index (χ2v) is 6.98. The lowest BCUT2D eigenvalue weighted by molar-refractivity contribution is 0.342. The summed E-state index contributed by atoms with van der Waals surface area (Å²) in [5.41, 5.74) is 0. The van der Waals surface area contributed by atoms with Crippen molar-refractivity contribution < 1.29 is 8.42 Å². The number of rotatable bonds is 4. The molecule has 1 saturated heterocycles. The van der Waals surface area contributed by atoms with Crippen molar-refractivity contribution in [1.29, 1.82) is 0 Å². The van der Waals surface area contributed by atoms with Gasteiger partial charge in [0.15, 0.2) is 0 Å². The molecule has 1 aliphatic heterocycles. The van der Waals surface area contributed by atoms with Crippen LogP contribution in [0.1, 0.15) is 32.6 Å². The van der Waals surface area contributed by atoms with E-state index in [4.69, 9.17) is 0 Å². The Labute approximate surface area is 107 Å². The van der Waals surface area contributed by atoms with Crippen LogP contribution in [-0.2, 0) is 10.2 Å². The Bertz CT molecular complexity index is 300. The monoisotopic (exact) mass is 312 g/mol. The summed E-state index contributed by atoms with van der Waals surface area (Å²) in [7, 11) is -1.60. The predicted octanol–water partition coefficient (Wildman–Crippen LogP) is 1.82. The van der Waals surface area contributed by atoms with Crippen LogP contribution in [0.2, 0.25) is 0 Å². The molecule has 1 fully saturated rings. The maximum atomic E-state index is 12.3. The van der Waals surface area contributed by atoms with Crippen LogP contribution < -0.4 is 0 Å². The van der Waals surface area contributed by atoms with E-state index >= 15 is 0 Å². The molecule has 4 nitrogen and oxygen atoms in total. The molecule has 0 radical (unpaired) electrons. The smallest absolute Gasteiger partial charge is 0.195 e. The lowest BCUT2D eigenvalue weighted by atomic mass is 10.2. The molecule has 6 heteroatoms. The molecule has 0 aromatic carbocycles. The second-order valence-electron chi connectivity index (χ2n) is 4.34. The Morgan fingerprint density at radius 2 is 1.75 bits per heavy atom. The van der Waals surface area contributed by atoms with Crippen molar-refractivity contribution in [2.24, 2.45) is 0 Å². The molecule has 0 aliphatic carbocycles. The van der Waals surface area contributed by atoms with Crippen LogP contribution in [0.4, 0.5) is 0 Å². The average Bonchev–Trinajstić information content (AvgIpc) is 2.55. The summed E-state index contributed by atoms with van der Waals surface area (Å²) in [4.78, 5) is 0. The van der Waals surface area contributed by atoms with Gasteiger partial charge in [0.25, 0.3) is 10.2 Å². The van der Waals surface area contributed by atoms with Crippen molar-refractivity contribution in [3.63, 3.8) is 0 Å². The molecule has 1 atom stereocenters. The van der Waals surface area contributed by atoms with Crippen LogP contribution >= 0.6 is 15.9 Å². The predicted molar refractivity (Wildman–Crippen MR) is 70.0 cm³/mol. The second kappa shape index (κ2) is 6.33. The Morgan fingerprint density at radius 3 is 2.19 bits per heavy atom. The molecule has 1 heterocycles. The molecule has 0 aromatic rings. The highest BCUT2D eigenvalue weighted by Crippen LogP contribution is 2.17. The highest BCUT2D eigenvalue weighted by molar-refractivity contribution is 9.09. The molecule has 1 unspecified atom stereocenters. The first-order valence-electron chi connectivity index (χ1n) is 5.79. The quantitative estimate of drug-likeness (QED) is 0.743. The van der Waals surface area contributed by atoms with Gasteiger partial charge in [-0.2, -0.15) is 17.0 Å². The van der Waals surface area contributed by atoms with Gasteiger partial charge in [-0.25, -0.2) is 0 Å². The summed E-state index contributed by atoms with van der Waals surface area (Å²) in [6.07, 6.45) is 4.25. The summed E-state index contributed by atoms with van der Waals surface area (Å²) in [6, 6.07) is -0.00625. The van der Waals surface area contributed by atoms with Crippen molar-refractivity contribution in [1.82, 2.24) is 8.61 Å². The Hall–Kier alpha value is 0.350. The van der Waals surface area contributed by atoms with Crippen LogP contribution in [0.3, 0.4) is 0 Å². The summed E-state index contributed by atoms with van der Waals surface area (Å²) < 4.78 is 27.6. The molecule has 0 aromatic heterocycles. The lowest BCUT2D eigenvalue weighted by Crippen LogP contribution is -2.46. The number of alkyl halides is 1. The molecule has 0 saturated carbocycles. The summed E-state index contributed by atoms with van der Waals surface area (Å²) in [5, 5.41) is 0.663. The van der Waals surface area contributed by atoms with Gasteiger partial charge in [0.05, 0.1) is 0 Å². The first-order chi connectivity index (χ1) is 7.50. The van der Waals surface area contributed by atoms with Crippen molar-refractivity contribution in [3.05, 3.63) is 0 Å². The molecule has 0 spiro atoms. The summed E-state index contributed by atoms with van der Waals surface area (Å²) in [5.74, 6) is 0. The van der Waals surface area contributed by atoms with E-state index in [9.17, 15) is 8.42 Å². The van der Waals surface area contributed by atoms with Gasteiger partial charge in [-0.05, 0) is 19.8 Å². The zero-order valence-electron chi connectivity index (χ0n) is 10.0. The first-order valence-corrected chi connectivity index (χ1v) is 8.31. The van der Waals surface area contributed by atoms with E-state index in [1.54, 1.807) is 11.4 Å². The minimum Gasteiger partial charge on any atom is -0.195 e. The molecule has 1 rings (SSSR count). The minimum atomic E-state index is -3.26. The van der Waals surface area contributed by atoms with Crippen molar-refractivity contribution in [2.45, 2.75) is 38.6 Å². The van der Waals surface area contributed by atoms with E-state index in [1.165, 1.54) is 4.31 Å². The Balaban J connectivity index is 2.74. The molecular formula is C10H21BrN2O2S. The van der Waals surface area contributed by atoms with E-state index in [-0.39, 0.29) is 6.04 Å². The van der Waals surface area contributed by atoms with Gasteiger partial charge in [-0.1, -0.05) is 28.8 Å². The largest absolute Gasteiger partial charge is 0.281 e. The van der Waals surface area contributed by atoms with Crippen LogP contribution in [0.5, 0.6) is 0 Å². The van der Waals surface area contributed by atoms with E-state index in [1.807, 2.05) is 6.92 Å². The van der Waals surface area contributed by atoms with Gasteiger partial charge < -0.3 is 0 Å². The summed E-state index contributed by atoms with van der Waals surface area (Å²) >= 11 is 3.32. The third-order valence-corrected chi connectivity index (χ3v) is 6.14. The standard InChI is InChI=1S/C10H21BrN2O2S/c1-10(9-11)12(2)16(14,15)13-7-5-3-4-6-8-13/h10H,3-9H2,1-2H3. The van der Waals surface area contributed by atoms with E-state index in [0.717, 1.165) is 25.7 Å². The van der Waals surface area contributed by atoms with Crippen LogP contribution in [0.15, 0.2) is 0 Å². The minimum absolute atomic E-state index is 0.00625. The normalized spacial score (nSPS) is 22.0. The molecule has 1 aliphatic rings. The van der Waals surface area contributed by atoms with Crippen molar-refractivity contribution in [3.8, 4) is 0 Å². The molecule has 16 heavy (non-hydrogen) atoms. The van der Waals surface area contributed by atoms with E-state index in [0.29, 0.717) is 18.4 Å². The number of hydrogen-bond donors (Lipinski definition) is 0.